The summed E-state index contributed by atoms with van der Waals surface area (Å²) in [4.78, 5) is 16.0. The Morgan fingerprint density at radius 2 is 2.12 bits per heavy atom. The second-order valence-electron chi connectivity index (χ2n) is 4.93. The third kappa shape index (κ3) is 3.75. The smallest absolute Gasteiger partial charge is 0.250 e. The zero-order chi connectivity index (χ0) is 17.1. The van der Waals surface area contributed by atoms with Crippen molar-refractivity contribution in [2.24, 2.45) is 0 Å². The highest BCUT2D eigenvalue weighted by atomic mass is 32.1. The van der Waals surface area contributed by atoms with Gasteiger partial charge in [0.15, 0.2) is 5.13 Å². The Labute approximate surface area is 140 Å². The van der Waals surface area contributed by atoms with E-state index in [4.69, 9.17) is 4.42 Å². The molecule has 1 N–H and O–H groups in total. The first kappa shape index (κ1) is 16.1. The molecule has 0 saturated heterocycles. The summed E-state index contributed by atoms with van der Waals surface area (Å²) in [6.07, 6.45) is 2.84. The third-order valence-electron chi connectivity index (χ3n) is 3.10. The standard InChI is InChI=1S/C17H12F2N2O2S/c1-10-2-4-12(23-10)5-7-16(22)21-17-20-15(9-24-17)13-8-11(18)3-6-14(13)19/h2-9H,1H3,(H,20,21,22). The molecule has 7 heteroatoms. The summed E-state index contributed by atoms with van der Waals surface area (Å²) in [7, 11) is 0. The molecule has 0 aliphatic carbocycles. The number of anilines is 1. The Morgan fingerprint density at radius 3 is 2.88 bits per heavy atom. The second-order valence-corrected chi connectivity index (χ2v) is 5.79. The molecule has 122 valence electrons. The van der Waals surface area contributed by atoms with Crippen LogP contribution in [0, 0.1) is 18.6 Å². The molecule has 1 aromatic carbocycles. The number of hydrogen-bond acceptors (Lipinski definition) is 4. The van der Waals surface area contributed by atoms with E-state index >= 15 is 0 Å². The number of nitrogens with one attached hydrogen (secondary N) is 1. The zero-order valence-corrected chi connectivity index (χ0v) is 13.4. The van der Waals surface area contributed by atoms with E-state index in [1.54, 1.807) is 24.4 Å². The highest BCUT2D eigenvalue weighted by Gasteiger charge is 2.11. The Balaban J connectivity index is 1.70. The van der Waals surface area contributed by atoms with Gasteiger partial charge in [-0.1, -0.05) is 0 Å². The molecule has 0 bridgehead atoms. The molecule has 24 heavy (non-hydrogen) atoms. The average molecular weight is 346 g/mol. The average Bonchev–Trinajstić information content (AvgIpc) is 3.17. The molecule has 0 spiro atoms. The lowest BCUT2D eigenvalue weighted by Crippen LogP contribution is -2.07. The fourth-order valence-corrected chi connectivity index (χ4v) is 2.71. The predicted octanol–water partition coefficient (Wildman–Crippen LogP) is 4.64. The van der Waals surface area contributed by atoms with Gasteiger partial charge in [0.1, 0.15) is 23.2 Å². The van der Waals surface area contributed by atoms with Crippen molar-refractivity contribution in [2.75, 3.05) is 5.32 Å². The fourth-order valence-electron chi connectivity index (χ4n) is 2.00. The molecule has 0 aliphatic rings. The summed E-state index contributed by atoms with van der Waals surface area (Å²) in [5.41, 5.74) is 0.311. The van der Waals surface area contributed by atoms with Crippen LogP contribution in [0.15, 0.2) is 46.2 Å². The van der Waals surface area contributed by atoms with Gasteiger partial charge in [-0.2, -0.15) is 0 Å². The fraction of sp³-hybridized carbons (Fsp3) is 0.0588. The number of carbonyl (C=O) groups excluding carboxylic acids is 1. The van der Waals surface area contributed by atoms with Gasteiger partial charge in [0, 0.05) is 17.0 Å². The third-order valence-corrected chi connectivity index (χ3v) is 3.86. The van der Waals surface area contributed by atoms with Gasteiger partial charge >= 0.3 is 0 Å². The second kappa shape index (κ2) is 6.76. The monoisotopic (exact) mass is 346 g/mol. The number of nitrogens with zero attached hydrogens (tertiary/aromatic N) is 1. The number of furan rings is 1. The molecular formula is C17H12F2N2O2S. The van der Waals surface area contributed by atoms with Crippen molar-refractivity contribution >= 4 is 28.5 Å². The largest absolute Gasteiger partial charge is 0.462 e. The van der Waals surface area contributed by atoms with Crippen LogP contribution >= 0.6 is 11.3 Å². The van der Waals surface area contributed by atoms with E-state index in [0.717, 1.165) is 35.3 Å². The molecule has 0 fully saturated rings. The summed E-state index contributed by atoms with van der Waals surface area (Å²) in [6, 6.07) is 6.67. The minimum atomic E-state index is -0.576. The normalized spacial score (nSPS) is 11.1. The first-order valence-corrected chi connectivity index (χ1v) is 7.86. The van der Waals surface area contributed by atoms with Gasteiger partial charge in [-0.15, -0.1) is 11.3 Å². The summed E-state index contributed by atoms with van der Waals surface area (Å²) in [5, 5.41) is 4.41. The summed E-state index contributed by atoms with van der Waals surface area (Å²) < 4.78 is 32.3. The first-order valence-electron chi connectivity index (χ1n) is 6.98. The predicted molar refractivity (Wildman–Crippen MR) is 88.6 cm³/mol. The molecule has 0 unspecified atom stereocenters. The van der Waals surface area contributed by atoms with Crippen LogP contribution in [-0.2, 0) is 4.79 Å². The minimum Gasteiger partial charge on any atom is -0.462 e. The van der Waals surface area contributed by atoms with Crippen molar-refractivity contribution < 1.29 is 18.0 Å². The lowest BCUT2D eigenvalue weighted by molar-refractivity contribution is -0.111. The van der Waals surface area contributed by atoms with Crippen molar-refractivity contribution in [3.8, 4) is 11.3 Å². The summed E-state index contributed by atoms with van der Waals surface area (Å²) >= 11 is 1.12. The zero-order valence-electron chi connectivity index (χ0n) is 12.5. The van der Waals surface area contributed by atoms with Gasteiger partial charge in [-0.05, 0) is 43.3 Å². The van der Waals surface area contributed by atoms with Gasteiger partial charge < -0.3 is 4.42 Å². The SMILES string of the molecule is Cc1ccc(C=CC(=O)Nc2nc(-c3cc(F)ccc3F)cs2)o1. The summed E-state index contributed by atoms with van der Waals surface area (Å²) in [5.74, 6) is -0.222. The lowest BCUT2D eigenvalue weighted by atomic mass is 10.1. The van der Waals surface area contributed by atoms with Crippen LogP contribution in [-0.4, -0.2) is 10.9 Å². The molecule has 3 rings (SSSR count). The molecule has 2 heterocycles. The first-order chi connectivity index (χ1) is 11.5. The van der Waals surface area contributed by atoms with Crippen molar-refractivity contribution in [3.05, 3.63) is 64.9 Å². The van der Waals surface area contributed by atoms with Gasteiger partial charge in [-0.3, -0.25) is 10.1 Å². The highest BCUT2D eigenvalue weighted by Crippen LogP contribution is 2.27. The molecule has 0 saturated carbocycles. The van der Waals surface area contributed by atoms with Crippen LogP contribution in [0.25, 0.3) is 17.3 Å². The van der Waals surface area contributed by atoms with Crippen LogP contribution in [0.1, 0.15) is 11.5 Å². The maximum atomic E-state index is 13.7. The molecule has 0 atom stereocenters. The van der Waals surface area contributed by atoms with E-state index in [0.29, 0.717) is 10.9 Å². The van der Waals surface area contributed by atoms with Gasteiger partial charge in [-0.25, -0.2) is 13.8 Å². The number of aryl methyl sites for hydroxylation is 1. The minimum absolute atomic E-state index is 0.0494. The van der Waals surface area contributed by atoms with Crippen LogP contribution in [0.3, 0.4) is 0 Å². The van der Waals surface area contributed by atoms with Crippen LogP contribution < -0.4 is 5.32 Å². The Kier molecular flexibility index (Phi) is 4.52. The molecule has 1 amide bonds. The number of benzene rings is 1. The molecule has 4 nitrogen and oxygen atoms in total. The van der Waals surface area contributed by atoms with E-state index in [9.17, 15) is 13.6 Å². The molecule has 3 aromatic rings. The molecule has 0 radical (unpaired) electrons. The van der Waals surface area contributed by atoms with Gasteiger partial charge in [0.2, 0.25) is 5.91 Å². The van der Waals surface area contributed by atoms with Crippen molar-refractivity contribution in [1.82, 2.24) is 4.98 Å². The van der Waals surface area contributed by atoms with Crippen molar-refractivity contribution in [3.63, 3.8) is 0 Å². The number of aromatic nitrogens is 1. The van der Waals surface area contributed by atoms with Crippen LogP contribution in [0.4, 0.5) is 13.9 Å². The van der Waals surface area contributed by atoms with Gasteiger partial charge in [0.25, 0.3) is 0 Å². The number of amides is 1. The van der Waals surface area contributed by atoms with Crippen molar-refractivity contribution in [1.29, 1.82) is 0 Å². The Morgan fingerprint density at radius 1 is 1.29 bits per heavy atom. The topological polar surface area (TPSA) is 55.1 Å². The number of thiazole rings is 1. The van der Waals surface area contributed by atoms with E-state index in [1.165, 1.54) is 12.2 Å². The highest BCUT2D eigenvalue weighted by molar-refractivity contribution is 7.14. The molecule has 0 aliphatic heterocycles. The van der Waals surface area contributed by atoms with E-state index in [2.05, 4.69) is 10.3 Å². The number of carbonyl (C=O) groups is 1. The Hall–Kier alpha value is -2.80. The molecular weight excluding hydrogens is 334 g/mol. The lowest BCUT2D eigenvalue weighted by Gasteiger charge is -1.99. The maximum absolute atomic E-state index is 13.7. The number of halogens is 2. The van der Waals surface area contributed by atoms with Crippen molar-refractivity contribution in [2.45, 2.75) is 6.92 Å². The van der Waals surface area contributed by atoms with Crippen LogP contribution in [0.5, 0.6) is 0 Å². The van der Waals surface area contributed by atoms with Gasteiger partial charge in [0.05, 0.1) is 5.69 Å². The Bertz CT molecular complexity index is 915. The van der Waals surface area contributed by atoms with E-state index in [1.807, 2.05) is 0 Å². The van der Waals surface area contributed by atoms with E-state index in [-0.39, 0.29) is 11.3 Å². The number of hydrogen-bond donors (Lipinski definition) is 1. The number of rotatable bonds is 4. The maximum Gasteiger partial charge on any atom is 0.250 e. The summed E-state index contributed by atoms with van der Waals surface area (Å²) in [6.45, 7) is 1.81. The van der Waals surface area contributed by atoms with Crippen LogP contribution in [0.2, 0.25) is 0 Å². The van der Waals surface area contributed by atoms with E-state index < -0.39 is 17.5 Å². The quantitative estimate of drug-likeness (QED) is 0.700. The molecule has 2 aromatic heterocycles.